The summed E-state index contributed by atoms with van der Waals surface area (Å²) >= 11 is 5.96. The zero-order chi connectivity index (χ0) is 87.1. The number of halogens is 1. The van der Waals surface area contributed by atoms with Crippen LogP contribution in [0.25, 0.3) is 0 Å². The summed E-state index contributed by atoms with van der Waals surface area (Å²) in [5.74, 6) is -22.7. The number of aliphatic hydroxyl groups excluding tert-OH is 4. The summed E-state index contributed by atoms with van der Waals surface area (Å²) in [5, 5.41) is 83.5. The highest BCUT2D eigenvalue weighted by Crippen LogP contribution is 2.20. The molecule has 12 atom stereocenters. The first-order valence-corrected chi connectivity index (χ1v) is 39.0. The van der Waals surface area contributed by atoms with Crippen molar-refractivity contribution in [3.63, 3.8) is 0 Å². The normalized spacial score (nSPS) is 21.2. The standard InChI is InChI=1S/C72H116ClN13O30/c1-10-12-13-14-15-16-17-18-19-22-43(88)31-51(90)78-49-34-110-69(106)54(50(89)33-73)85-64(100)55(56(92)65(101)102)86-57(93)44(11-2)79-63(99)53(41(9)87)84-60(96)47(27-30-76-72(109)116-37-113-68(105)40(7)8)81-58(94)45(23-20-21-28-74-70(107)114-35-111-66(103)38(3)4)80-61(97)48(32-52(91)77-42-24-25-42)83-59(95)46(82-62(49)98)26-29-75-71(108)115-36-112-67(104)39(5)6/h11,38-43,45-50,53-56,87-89,92H,10,12-37H2,1-9H3,(H,74,107)(H,75,108)(H,76,109)(H,77,91)(H,78,90)(H,79,99)(H,80,97)(H,81,94)(H,82,98)(H,83,95)(H,84,96)(H,85,100)(H,86,93)(H,101,102)/b44-11-/t41-,43+,45-,46+,47-,48-,49-,50+,53-,54-,55-,56-/m0/s1. The van der Waals surface area contributed by atoms with Gasteiger partial charge in [0.2, 0.25) is 73.5 Å². The molecule has 43 nitrogen and oxygen atoms in total. The van der Waals surface area contributed by atoms with Crippen LogP contribution in [-0.4, -0.2) is 264 Å². The van der Waals surface area contributed by atoms with Gasteiger partial charge in [0.15, 0.2) is 12.1 Å². The molecule has 0 bridgehead atoms. The molecule has 0 unspecified atom stereocenters. The Balaban J connectivity index is 3.07. The molecule has 0 aromatic heterocycles. The van der Waals surface area contributed by atoms with Crippen molar-refractivity contribution in [1.82, 2.24) is 69.1 Å². The maximum atomic E-state index is 15.0. The zero-order valence-corrected chi connectivity index (χ0v) is 67.5. The molecule has 1 aliphatic carbocycles. The quantitative estimate of drug-likeness (QED) is 0.00772. The second-order valence-electron chi connectivity index (χ2n) is 28.2. The molecule has 18 N–H and O–H groups in total. The van der Waals surface area contributed by atoms with Crippen LogP contribution < -0.4 is 69.1 Å². The summed E-state index contributed by atoms with van der Waals surface area (Å²) in [6.07, 6.45) is -5.73. The van der Waals surface area contributed by atoms with Crippen molar-refractivity contribution in [2.75, 3.05) is 52.5 Å². The van der Waals surface area contributed by atoms with Crippen LogP contribution in [0, 0.1) is 17.8 Å². The van der Waals surface area contributed by atoms with E-state index in [-0.39, 0.29) is 25.8 Å². The van der Waals surface area contributed by atoms with Gasteiger partial charge >= 0.3 is 48.1 Å². The van der Waals surface area contributed by atoms with Crippen LogP contribution in [0.1, 0.15) is 184 Å². The Kier molecular flexibility index (Phi) is 48.5. The highest BCUT2D eigenvalue weighted by Gasteiger charge is 2.42. The number of esters is 4. The number of carbonyl (C=O) groups excluding carboxylic acids is 17. The highest BCUT2D eigenvalue weighted by atomic mass is 35.5. The number of allylic oxidation sites excluding steroid dienone is 1. The molecule has 116 heavy (non-hydrogen) atoms. The molecule has 0 aromatic carbocycles. The number of carboxylic acid groups (broad SMARTS) is 1. The first-order chi connectivity index (χ1) is 54.8. The lowest BCUT2D eigenvalue weighted by molar-refractivity contribution is -0.156. The molecule has 1 saturated heterocycles. The van der Waals surface area contributed by atoms with E-state index in [0.717, 1.165) is 64.9 Å². The minimum Gasteiger partial charge on any atom is -0.479 e. The van der Waals surface area contributed by atoms with Gasteiger partial charge in [-0.2, -0.15) is 0 Å². The van der Waals surface area contributed by atoms with E-state index in [1.54, 1.807) is 0 Å². The predicted molar refractivity (Wildman–Crippen MR) is 403 cm³/mol. The maximum Gasteiger partial charge on any atom is 0.410 e. The average molecular weight is 1680 g/mol. The number of aliphatic carboxylic acids is 1. The van der Waals surface area contributed by atoms with Gasteiger partial charge in [0.25, 0.3) is 5.91 Å². The number of carboxylic acids is 1. The van der Waals surface area contributed by atoms with Crippen LogP contribution in [0.15, 0.2) is 11.8 Å². The average Bonchev–Trinajstić information content (AvgIpc) is 1.34. The Bertz CT molecular complexity index is 3320. The lowest BCUT2D eigenvalue weighted by Crippen LogP contribution is -2.62. The Morgan fingerprint density at radius 2 is 0.948 bits per heavy atom. The van der Waals surface area contributed by atoms with Crippen LogP contribution in [0.2, 0.25) is 0 Å². The summed E-state index contributed by atoms with van der Waals surface area (Å²) in [5.41, 5.74) is -0.899. The van der Waals surface area contributed by atoms with Gasteiger partial charge in [-0.25, -0.2) is 24.0 Å². The monoisotopic (exact) mass is 1680 g/mol. The van der Waals surface area contributed by atoms with Crippen molar-refractivity contribution in [1.29, 1.82) is 0 Å². The predicted octanol–water partition coefficient (Wildman–Crippen LogP) is -2.19. The summed E-state index contributed by atoms with van der Waals surface area (Å²) in [6, 6.07) is -17.9. The van der Waals surface area contributed by atoms with Crippen LogP contribution in [0.4, 0.5) is 14.4 Å². The first kappa shape index (κ1) is 102. The van der Waals surface area contributed by atoms with Crippen LogP contribution in [0.3, 0.4) is 0 Å². The molecule has 44 heteroatoms. The van der Waals surface area contributed by atoms with Crippen molar-refractivity contribution in [3.8, 4) is 0 Å². The van der Waals surface area contributed by atoms with E-state index < -0.39 is 288 Å². The molecule has 2 aliphatic rings. The van der Waals surface area contributed by atoms with Crippen molar-refractivity contribution in [2.24, 2.45) is 17.8 Å². The van der Waals surface area contributed by atoms with E-state index in [4.69, 9.17) is 44.8 Å². The molecule has 2 fully saturated rings. The number of rotatable bonds is 41. The second-order valence-corrected chi connectivity index (χ2v) is 28.5. The summed E-state index contributed by atoms with van der Waals surface area (Å²) in [6.45, 7) is 7.76. The molecule has 656 valence electrons. The third-order valence-electron chi connectivity index (χ3n) is 17.2. The fourth-order valence-corrected chi connectivity index (χ4v) is 10.5. The van der Waals surface area contributed by atoms with Crippen LogP contribution in [-0.2, 0) is 105 Å². The number of alkyl carbamates (subject to hydrolysis) is 3. The van der Waals surface area contributed by atoms with Crippen molar-refractivity contribution in [2.45, 2.75) is 263 Å². The van der Waals surface area contributed by atoms with Gasteiger partial charge in [0.1, 0.15) is 54.6 Å². The third-order valence-corrected chi connectivity index (χ3v) is 17.6. The van der Waals surface area contributed by atoms with Crippen molar-refractivity contribution in [3.05, 3.63) is 11.8 Å². The Hall–Kier alpha value is -10.3. The first-order valence-electron chi connectivity index (χ1n) is 38.4. The fourth-order valence-electron chi connectivity index (χ4n) is 10.3. The van der Waals surface area contributed by atoms with E-state index in [9.17, 15) is 102 Å². The topological polar surface area (TPSA) is 629 Å². The minimum atomic E-state index is -2.95. The van der Waals surface area contributed by atoms with Gasteiger partial charge in [-0.15, -0.1) is 11.6 Å². The molecule has 0 spiro atoms. The van der Waals surface area contributed by atoms with E-state index in [0.29, 0.717) is 25.7 Å². The van der Waals surface area contributed by atoms with Gasteiger partial charge in [-0.3, -0.25) is 62.3 Å². The Morgan fingerprint density at radius 1 is 0.500 bits per heavy atom. The van der Waals surface area contributed by atoms with E-state index in [1.165, 1.54) is 41.5 Å². The SMILES string of the molecule is C/C=C1\NC(=O)[C@H]([C@H](C)O)NC(=O)[C@H](CCNC(=O)OCOC(=O)C(C)C)NC(=O)[C@H](CCCCNC(=O)OCOC(=O)C(C)C)NC(=O)[C@H](CC(=O)NC2CC2)NC(=O)[C@@H](CCNC(=O)OCOC(=O)C(C)C)NC(=O)[C@@H](NC(=O)C[C@H](O)CCCCCCCCCCC)COC(=O)[C@H]([C@H](O)CCl)NC(=O)[C@H]([C@H](O)C(=O)O)NC1=O. The lowest BCUT2D eigenvalue weighted by atomic mass is 10.0. The van der Waals surface area contributed by atoms with E-state index in [2.05, 4.69) is 65.4 Å². The largest absolute Gasteiger partial charge is 0.479 e. The van der Waals surface area contributed by atoms with E-state index >= 15 is 9.59 Å². The molecule has 0 aromatic rings. The molecule has 0 radical (unpaired) electrons. The Labute approximate surface area is 675 Å². The number of amides is 13. The number of carbonyl (C=O) groups is 18. The molecule has 1 saturated carbocycles. The van der Waals surface area contributed by atoms with Gasteiger partial charge in [0.05, 0.1) is 54.8 Å². The maximum absolute atomic E-state index is 15.0. The molecular weight excluding hydrogens is 1560 g/mol. The lowest BCUT2D eigenvalue weighted by Gasteiger charge is -2.29. The molecule has 13 amide bonds. The third kappa shape index (κ3) is 41.3. The number of hydrogen-bond acceptors (Lipinski definition) is 29. The smallest absolute Gasteiger partial charge is 0.410 e. The molecule has 1 aliphatic heterocycles. The Morgan fingerprint density at radius 3 is 1.41 bits per heavy atom. The van der Waals surface area contributed by atoms with E-state index in [1.807, 2.05) is 10.6 Å². The van der Waals surface area contributed by atoms with Gasteiger partial charge < -0.3 is 128 Å². The molecule has 2 rings (SSSR count). The minimum absolute atomic E-state index is 0.0547. The summed E-state index contributed by atoms with van der Waals surface area (Å²) in [4.78, 5) is 246. The summed E-state index contributed by atoms with van der Waals surface area (Å²) in [7, 11) is 0. The zero-order valence-electron chi connectivity index (χ0n) is 66.7. The number of cyclic esters (lactones) is 1. The van der Waals surface area contributed by atoms with Crippen LogP contribution in [0.5, 0.6) is 0 Å². The van der Waals surface area contributed by atoms with Crippen molar-refractivity contribution < 1.29 is 145 Å². The summed E-state index contributed by atoms with van der Waals surface area (Å²) < 4.78 is 34.7. The number of aliphatic hydroxyl groups is 4. The number of ether oxygens (including phenoxy) is 7. The fraction of sp³-hybridized carbons (Fsp3) is 0.722. The van der Waals surface area contributed by atoms with Crippen molar-refractivity contribution >= 4 is 119 Å². The van der Waals surface area contributed by atoms with Crippen LogP contribution >= 0.6 is 11.6 Å². The molecular formula is C72H116ClN13O30. The number of nitrogens with one attached hydrogen (secondary N) is 13. The van der Waals surface area contributed by atoms with Gasteiger partial charge in [-0.1, -0.05) is 112 Å². The highest BCUT2D eigenvalue weighted by molar-refractivity contribution is 6.18. The van der Waals surface area contributed by atoms with Gasteiger partial charge in [-0.05, 0) is 65.2 Å². The van der Waals surface area contributed by atoms with Gasteiger partial charge in [0, 0.05) is 25.7 Å². The number of unbranched alkanes of at least 4 members (excludes halogenated alkanes) is 9. The molecule has 1 heterocycles. The number of alkyl halides is 1. The number of hydrogen-bond donors (Lipinski definition) is 18. The second kappa shape index (κ2) is 55.3.